The largest absolute Gasteiger partial charge is 0.360 e. The van der Waals surface area contributed by atoms with E-state index in [-0.39, 0.29) is 11.6 Å². The molecule has 9 heteroatoms. The number of rotatable bonds is 6. The first kappa shape index (κ1) is 18.4. The van der Waals surface area contributed by atoms with E-state index in [4.69, 9.17) is 4.52 Å². The van der Waals surface area contributed by atoms with Crippen molar-refractivity contribution in [1.29, 1.82) is 0 Å². The molecule has 6 nitrogen and oxygen atoms in total. The number of nitrogens with zero attached hydrogens (tertiary/aromatic N) is 2. The van der Waals surface area contributed by atoms with Crippen LogP contribution >= 0.6 is 11.3 Å². The van der Waals surface area contributed by atoms with Crippen LogP contribution < -0.4 is 5.32 Å². The van der Waals surface area contributed by atoms with Gasteiger partial charge in [-0.05, 0) is 38.1 Å². The van der Waals surface area contributed by atoms with Gasteiger partial charge in [-0.2, -0.15) is 0 Å². The molecule has 0 bridgehead atoms. The average molecular weight is 393 g/mol. The molecule has 3 rings (SSSR count). The van der Waals surface area contributed by atoms with Crippen molar-refractivity contribution in [2.24, 2.45) is 0 Å². The lowest BCUT2D eigenvalue weighted by Gasteiger charge is -2.09. The van der Waals surface area contributed by atoms with E-state index in [1.165, 1.54) is 23.5 Å². The molecule has 0 radical (unpaired) electrons. The van der Waals surface area contributed by atoms with Crippen LogP contribution in [-0.4, -0.2) is 25.5 Å². The van der Waals surface area contributed by atoms with Gasteiger partial charge >= 0.3 is 0 Å². The van der Waals surface area contributed by atoms with E-state index in [9.17, 15) is 13.4 Å². The molecule has 0 saturated heterocycles. The van der Waals surface area contributed by atoms with Crippen molar-refractivity contribution in [1.82, 2.24) is 10.1 Å². The molecule has 2 atom stereocenters. The number of thiazole rings is 1. The van der Waals surface area contributed by atoms with Gasteiger partial charge in [0.05, 0.1) is 11.4 Å². The fraction of sp³-hybridized carbons (Fsp3) is 0.235. The van der Waals surface area contributed by atoms with Crippen molar-refractivity contribution in [2.75, 3.05) is 5.32 Å². The number of carbonyl (C=O) groups is 1. The number of amides is 1. The van der Waals surface area contributed by atoms with E-state index in [0.29, 0.717) is 22.3 Å². The molecule has 0 saturated carbocycles. The summed E-state index contributed by atoms with van der Waals surface area (Å²) in [5.41, 5.74) is 1.42. The number of aryl methyl sites for hydroxylation is 1. The summed E-state index contributed by atoms with van der Waals surface area (Å²) < 4.78 is 30.3. The number of anilines is 1. The van der Waals surface area contributed by atoms with E-state index in [1.54, 1.807) is 37.4 Å². The van der Waals surface area contributed by atoms with Gasteiger partial charge in [-0.25, -0.2) is 9.37 Å². The summed E-state index contributed by atoms with van der Waals surface area (Å²) in [5.74, 6) is 0.317. The maximum atomic E-state index is 13.0. The van der Waals surface area contributed by atoms with Crippen molar-refractivity contribution in [3.63, 3.8) is 0 Å². The lowest BCUT2D eigenvalue weighted by Crippen LogP contribution is -2.29. The Labute approximate surface area is 155 Å². The fourth-order valence-electron chi connectivity index (χ4n) is 2.14. The molecule has 0 aliphatic rings. The normalized spacial score (nSPS) is 13.3. The van der Waals surface area contributed by atoms with Crippen molar-refractivity contribution in [2.45, 2.75) is 24.9 Å². The van der Waals surface area contributed by atoms with Gasteiger partial charge in [-0.1, -0.05) is 5.16 Å². The number of halogens is 1. The molecule has 1 amide bonds. The van der Waals surface area contributed by atoms with Gasteiger partial charge in [0.25, 0.3) is 0 Å². The smallest absolute Gasteiger partial charge is 0.241 e. The maximum Gasteiger partial charge on any atom is 0.241 e. The van der Waals surface area contributed by atoms with Crippen molar-refractivity contribution in [3.05, 3.63) is 53.0 Å². The Morgan fingerprint density at radius 2 is 2.12 bits per heavy atom. The third-order valence-corrected chi connectivity index (χ3v) is 6.10. The highest BCUT2D eigenvalue weighted by Crippen LogP contribution is 2.24. The Kier molecular flexibility index (Phi) is 5.58. The van der Waals surface area contributed by atoms with Crippen molar-refractivity contribution in [3.8, 4) is 10.6 Å². The minimum absolute atomic E-state index is 0.157. The van der Waals surface area contributed by atoms with Crippen LogP contribution in [0, 0.1) is 12.7 Å². The zero-order chi connectivity index (χ0) is 18.7. The summed E-state index contributed by atoms with van der Waals surface area (Å²) in [6.45, 7) is 3.30. The highest BCUT2D eigenvalue weighted by Gasteiger charge is 2.22. The van der Waals surface area contributed by atoms with E-state index in [2.05, 4.69) is 15.5 Å². The molecule has 0 aliphatic carbocycles. The van der Waals surface area contributed by atoms with Gasteiger partial charge in [0.2, 0.25) is 5.91 Å². The van der Waals surface area contributed by atoms with Gasteiger partial charge in [-0.3, -0.25) is 9.00 Å². The van der Waals surface area contributed by atoms with Crippen LogP contribution in [0.15, 0.2) is 40.2 Å². The Bertz CT molecular complexity index is 937. The van der Waals surface area contributed by atoms with Crippen LogP contribution in [0.4, 0.5) is 10.2 Å². The second kappa shape index (κ2) is 7.88. The van der Waals surface area contributed by atoms with E-state index < -0.39 is 22.0 Å². The lowest BCUT2D eigenvalue weighted by atomic mass is 10.2. The molecule has 3 aromatic rings. The van der Waals surface area contributed by atoms with Gasteiger partial charge < -0.3 is 9.84 Å². The number of carbonyl (C=O) groups excluding carboxylic acids is 1. The Hall–Kier alpha value is -2.39. The lowest BCUT2D eigenvalue weighted by molar-refractivity contribution is -0.115. The molecule has 1 N–H and O–H groups in total. The predicted molar refractivity (Wildman–Crippen MR) is 98.7 cm³/mol. The Balaban J connectivity index is 1.62. The zero-order valence-electron chi connectivity index (χ0n) is 14.1. The number of hydrogen-bond acceptors (Lipinski definition) is 6. The SMILES string of the molecule is Cc1cc(NC(=O)[C@H](C)[S@](=O)Cc2csc(-c3ccc(F)cc3)n2)no1. The second-order valence-corrected chi connectivity index (χ2v) is 8.25. The molecule has 2 heterocycles. The quantitative estimate of drug-likeness (QED) is 0.693. The summed E-state index contributed by atoms with van der Waals surface area (Å²) in [5, 5.41) is 8.03. The number of nitrogens with one attached hydrogen (secondary N) is 1. The molecule has 136 valence electrons. The van der Waals surface area contributed by atoms with Crippen molar-refractivity contribution < 1.29 is 17.9 Å². The molecule has 0 unspecified atom stereocenters. The highest BCUT2D eigenvalue weighted by molar-refractivity contribution is 7.85. The minimum atomic E-state index is -1.45. The monoisotopic (exact) mass is 393 g/mol. The molecule has 1 aromatic carbocycles. The summed E-state index contributed by atoms with van der Waals surface area (Å²) in [4.78, 5) is 16.6. The number of aromatic nitrogens is 2. The molecule has 2 aromatic heterocycles. The first-order chi connectivity index (χ1) is 12.4. The van der Waals surface area contributed by atoms with E-state index >= 15 is 0 Å². The van der Waals surface area contributed by atoms with Crippen LogP contribution in [0.5, 0.6) is 0 Å². The summed E-state index contributed by atoms with van der Waals surface area (Å²) in [6.07, 6.45) is 0. The van der Waals surface area contributed by atoms with E-state index in [0.717, 1.165) is 5.56 Å². The number of benzene rings is 1. The zero-order valence-corrected chi connectivity index (χ0v) is 15.7. The maximum absolute atomic E-state index is 13.0. The van der Waals surface area contributed by atoms with Crippen LogP contribution in [0.1, 0.15) is 18.4 Å². The average Bonchev–Trinajstić information content (AvgIpc) is 3.24. The third kappa shape index (κ3) is 4.41. The van der Waals surface area contributed by atoms with Crippen LogP contribution in [0.2, 0.25) is 0 Å². The van der Waals surface area contributed by atoms with Crippen LogP contribution in [0.3, 0.4) is 0 Å². The molecule has 26 heavy (non-hydrogen) atoms. The summed E-state index contributed by atoms with van der Waals surface area (Å²) in [7, 11) is -1.45. The van der Waals surface area contributed by atoms with Gasteiger partial charge in [-0.15, -0.1) is 11.3 Å². The van der Waals surface area contributed by atoms with E-state index in [1.807, 2.05) is 0 Å². The minimum Gasteiger partial charge on any atom is -0.360 e. The second-order valence-electron chi connectivity index (χ2n) is 5.63. The molecular weight excluding hydrogens is 377 g/mol. The standard InChI is InChI=1S/C17H16FN3O3S2/c1-10-7-15(21-24-10)20-16(22)11(2)26(23)9-14-8-25-17(19-14)12-3-5-13(18)6-4-12/h3-8,11H,9H2,1-2H3,(H,20,21,22)/t11-,26+/m0/s1. The van der Waals surface area contributed by atoms with Gasteiger partial charge in [0.15, 0.2) is 5.82 Å². The predicted octanol–water partition coefficient (Wildman–Crippen LogP) is 3.52. The van der Waals surface area contributed by atoms with Crippen molar-refractivity contribution >= 4 is 33.9 Å². The topological polar surface area (TPSA) is 85.1 Å². The van der Waals surface area contributed by atoms with Crippen LogP contribution in [-0.2, 0) is 21.3 Å². The Morgan fingerprint density at radius 1 is 1.38 bits per heavy atom. The first-order valence-corrected chi connectivity index (χ1v) is 10.0. The van der Waals surface area contributed by atoms with Gasteiger partial charge in [0, 0.05) is 27.8 Å². The van der Waals surface area contributed by atoms with Crippen LogP contribution in [0.25, 0.3) is 10.6 Å². The number of hydrogen-bond donors (Lipinski definition) is 1. The molecule has 0 spiro atoms. The summed E-state index contributed by atoms with van der Waals surface area (Å²) in [6, 6.07) is 7.61. The molecule has 0 aliphatic heterocycles. The third-order valence-electron chi connectivity index (χ3n) is 3.58. The fourth-order valence-corrected chi connectivity index (χ4v) is 4.06. The highest BCUT2D eigenvalue weighted by atomic mass is 32.2. The molecule has 0 fully saturated rings. The van der Waals surface area contributed by atoms with Gasteiger partial charge in [0.1, 0.15) is 21.8 Å². The molecular formula is C17H16FN3O3S2. The Morgan fingerprint density at radius 3 is 2.77 bits per heavy atom. The summed E-state index contributed by atoms with van der Waals surface area (Å²) >= 11 is 1.39. The first-order valence-electron chi connectivity index (χ1n) is 7.74.